The zero-order valence-corrected chi connectivity index (χ0v) is 9.90. The molecular formula is C14H21N. The first-order valence-electron chi connectivity index (χ1n) is 5.84. The fourth-order valence-electron chi connectivity index (χ4n) is 3.19. The van der Waals surface area contributed by atoms with Crippen LogP contribution in [0, 0.1) is 17.3 Å². The van der Waals surface area contributed by atoms with E-state index in [1.165, 1.54) is 5.56 Å². The predicted octanol–water partition coefficient (Wildman–Crippen LogP) is 3.02. The molecule has 1 fully saturated rings. The molecule has 2 N–H and O–H groups in total. The SMILES string of the molecule is CC(c1ccccc1)[C@H]1[C@H](CN)C1(C)C. The summed E-state index contributed by atoms with van der Waals surface area (Å²) in [5.41, 5.74) is 7.70. The van der Waals surface area contributed by atoms with Gasteiger partial charge in [-0.15, -0.1) is 0 Å². The lowest BCUT2D eigenvalue weighted by Gasteiger charge is -2.13. The zero-order chi connectivity index (χ0) is 11.1. The molecule has 0 saturated heterocycles. The average Bonchev–Trinajstić information content (AvgIpc) is 2.80. The molecule has 0 heterocycles. The highest BCUT2D eigenvalue weighted by Crippen LogP contribution is 2.63. The van der Waals surface area contributed by atoms with Crippen molar-refractivity contribution in [2.24, 2.45) is 23.0 Å². The minimum absolute atomic E-state index is 0.435. The van der Waals surface area contributed by atoms with E-state index in [0.717, 1.165) is 12.5 Å². The molecule has 1 heteroatoms. The molecule has 0 aromatic heterocycles. The van der Waals surface area contributed by atoms with Crippen LogP contribution in [0.5, 0.6) is 0 Å². The molecule has 2 rings (SSSR count). The Kier molecular flexibility index (Phi) is 2.59. The highest BCUT2D eigenvalue weighted by molar-refractivity contribution is 5.24. The number of hydrogen-bond acceptors (Lipinski definition) is 1. The van der Waals surface area contributed by atoms with Crippen LogP contribution >= 0.6 is 0 Å². The minimum atomic E-state index is 0.435. The largest absolute Gasteiger partial charge is 0.330 e. The molecule has 1 aliphatic rings. The zero-order valence-electron chi connectivity index (χ0n) is 9.90. The number of hydrogen-bond donors (Lipinski definition) is 1. The van der Waals surface area contributed by atoms with Gasteiger partial charge in [-0.05, 0) is 35.3 Å². The van der Waals surface area contributed by atoms with E-state index in [1.807, 2.05) is 0 Å². The van der Waals surface area contributed by atoms with Crippen LogP contribution in [0.15, 0.2) is 30.3 Å². The summed E-state index contributed by atoms with van der Waals surface area (Å²) in [6.45, 7) is 7.84. The summed E-state index contributed by atoms with van der Waals surface area (Å²) in [7, 11) is 0. The van der Waals surface area contributed by atoms with Crippen LogP contribution in [-0.4, -0.2) is 6.54 Å². The Morgan fingerprint density at radius 1 is 1.27 bits per heavy atom. The summed E-state index contributed by atoms with van der Waals surface area (Å²) in [6, 6.07) is 10.8. The third kappa shape index (κ3) is 1.69. The molecule has 0 radical (unpaired) electrons. The molecule has 1 nitrogen and oxygen atoms in total. The lowest BCUT2D eigenvalue weighted by atomic mass is 9.92. The van der Waals surface area contributed by atoms with Crippen molar-refractivity contribution in [2.75, 3.05) is 6.54 Å². The number of nitrogens with two attached hydrogens (primary N) is 1. The van der Waals surface area contributed by atoms with Gasteiger partial charge in [-0.3, -0.25) is 0 Å². The highest BCUT2D eigenvalue weighted by atomic mass is 14.7. The summed E-state index contributed by atoms with van der Waals surface area (Å²) in [5.74, 6) is 2.09. The number of rotatable bonds is 3. The average molecular weight is 203 g/mol. The second kappa shape index (κ2) is 3.64. The van der Waals surface area contributed by atoms with Gasteiger partial charge in [0, 0.05) is 0 Å². The van der Waals surface area contributed by atoms with Crippen LogP contribution < -0.4 is 5.73 Å². The third-order valence-electron chi connectivity index (χ3n) is 4.26. The Morgan fingerprint density at radius 2 is 1.87 bits per heavy atom. The molecule has 82 valence electrons. The van der Waals surface area contributed by atoms with Gasteiger partial charge in [0.05, 0.1) is 0 Å². The molecule has 15 heavy (non-hydrogen) atoms. The molecule has 1 unspecified atom stereocenters. The van der Waals surface area contributed by atoms with Crippen molar-refractivity contribution in [3.8, 4) is 0 Å². The Balaban J connectivity index is 2.14. The monoisotopic (exact) mass is 203 g/mol. The maximum Gasteiger partial charge on any atom is -0.00406 e. The summed E-state index contributed by atoms with van der Waals surface area (Å²) >= 11 is 0. The van der Waals surface area contributed by atoms with Crippen molar-refractivity contribution >= 4 is 0 Å². The predicted molar refractivity (Wildman–Crippen MR) is 64.7 cm³/mol. The molecule has 0 aliphatic heterocycles. The fourth-order valence-corrected chi connectivity index (χ4v) is 3.19. The first kappa shape index (κ1) is 10.7. The van der Waals surface area contributed by atoms with Crippen LogP contribution in [0.2, 0.25) is 0 Å². The van der Waals surface area contributed by atoms with Gasteiger partial charge < -0.3 is 5.73 Å². The third-order valence-corrected chi connectivity index (χ3v) is 4.26. The summed E-state index contributed by atoms with van der Waals surface area (Å²) in [6.07, 6.45) is 0. The first-order chi connectivity index (χ1) is 7.09. The van der Waals surface area contributed by atoms with E-state index in [2.05, 4.69) is 51.1 Å². The van der Waals surface area contributed by atoms with E-state index in [0.29, 0.717) is 17.3 Å². The lowest BCUT2D eigenvalue weighted by Crippen LogP contribution is -2.06. The van der Waals surface area contributed by atoms with Gasteiger partial charge in [0.2, 0.25) is 0 Å². The van der Waals surface area contributed by atoms with Crippen LogP contribution in [0.4, 0.5) is 0 Å². The van der Waals surface area contributed by atoms with E-state index >= 15 is 0 Å². The Labute approximate surface area is 92.7 Å². The van der Waals surface area contributed by atoms with Crippen LogP contribution in [0.3, 0.4) is 0 Å². The van der Waals surface area contributed by atoms with E-state index in [9.17, 15) is 0 Å². The van der Waals surface area contributed by atoms with E-state index < -0.39 is 0 Å². The molecule has 0 amide bonds. The minimum Gasteiger partial charge on any atom is -0.330 e. The van der Waals surface area contributed by atoms with Crippen molar-refractivity contribution in [1.82, 2.24) is 0 Å². The Morgan fingerprint density at radius 3 is 2.33 bits per heavy atom. The maximum atomic E-state index is 5.82. The maximum absolute atomic E-state index is 5.82. The van der Waals surface area contributed by atoms with Gasteiger partial charge in [-0.2, -0.15) is 0 Å². The van der Waals surface area contributed by atoms with Crippen LogP contribution in [-0.2, 0) is 0 Å². The Hall–Kier alpha value is -0.820. The van der Waals surface area contributed by atoms with Crippen LogP contribution in [0.25, 0.3) is 0 Å². The second-order valence-electron chi connectivity index (χ2n) is 5.39. The van der Waals surface area contributed by atoms with Crippen molar-refractivity contribution in [2.45, 2.75) is 26.7 Å². The van der Waals surface area contributed by atoms with E-state index in [4.69, 9.17) is 5.73 Å². The lowest BCUT2D eigenvalue weighted by molar-refractivity contribution is 0.501. The second-order valence-corrected chi connectivity index (χ2v) is 5.39. The topological polar surface area (TPSA) is 26.0 Å². The molecule has 1 saturated carbocycles. The van der Waals surface area contributed by atoms with Gasteiger partial charge in [0.15, 0.2) is 0 Å². The Bertz CT molecular complexity index is 328. The van der Waals surface area contributed by atoms with Crippen molar-refractivity contribution in [3.05, 3.63) is 35.9 Å². The fraction of sp³-hybridized carbons (Fsp3) is 0.571. The molecular weight excluding hydrogens is 182 g/mol. The van der Waals surface area contributed by atoms with E-state index in [-0.39, 0.29) is 0 Å². The van der Waals surface area contributed by atoms with Crippen molar-refractivity contribution in [3.63, 3.8) is 0 Å². The van der Waals surface area contributed by atoms with Gasteiger partial charge in [0.25, 0.3) is 0 Å². The summed E-state index contributed by atoms with van der Waals surface area (Å²) in [5, 5.41) is 0. The first-order valence-corrected chi connectivity index (χ1v) is 5.84. The molecule has 0 bridgehead atoms. The van der Waals surface area contributed by atoms with E-state index in [1.54, 1.807) is 0 Å². The smallest absolute Gasteiger partial charge is 0.00406 e. The van der Waals surface area contributed by atoms with Crippen molar-refractivity contribution < 1.29 is 0 Å². The quantitative estimate of drug-likeness (QED) is 0.803. The summed E-state index contributed by atoms with van der Waals surface area (Å²) in [4.78, 5) is 0. The highest BCUT2D eigenvalue weighted by Gasteiger charge is 2.58. The molecule has 1 aromatic rings. The van der Waals surface area contributed by atoms with Crippen molar-refractivity contribution in [1.29, 1.82) is 0 Å². The molecule has 1 aliphatic carbocycles. The normalized spacial score (nSPS) is 29.9. The molecule has 1 aromatic carbocycles. The standard InChI is InChI=1S/C14H21N/c1-10(11-7-5-4-6-8-11)13-12(9-15)14(13,2)3/h4-8,10,12-13H,9,15H2,1-3H3/t10?,12-,13-/m0/s1. The van der Waals surface area contributed by atoms with Gasteiger partial charge >= 0.3 is 0 Å². The van der Waals surface area contributed by atoms with Gasteiger partial charge in [0.1, 0.15) is 0 Å². The van der Waals surface area contributed by atoms with Gasteiger partial charge in [-0.1, -0.05) is 51.1 Å². The molecule has 3 atom stereocenters. The molecule has 0 spiro atoms. The summed E-state index contributed by atoms with van der Waals surface area (Å²) < 4.78 is 0. The van der Waals surface area contributed by atoms with Gasteiger partial charge in [-0.25, -0.2) is 0 Å². The number of benzene rings is 1. The van der Waals surface area contributed by atoms with Crippen LogP contribution in [0.1, 0.15) is 32.3 Å².